The number of benzene rings is 1. The molecule has 0 heterocycles. The number of amides is 1. The number of carboxylic acids is 1. The summed E-state index contributed by atoms with van der Waals surface area (Å²) in [5, 5.41) is 21.2. The van der Waals surface area contributed by atoms with Crippen LogP contribution in [-0.4, -0.2) is 21.9 Å². The van der Waals surface area contributed by atoms with Crippen LogP contribution in [0.3, 0.4) is 0 Å². The molecule has 0 radical (unpaired) electrons. The molecule has 1 aromatic carbocycles. The molecular weight excluding hydrogens is 259 g/mol. The summed E-state index contributed by atoms with van der Waals surface area (Å²) < 4.78 is 13.4. The van der Waals surface area contributed by atoms with Crippen molar-refractivity contribution in [3.63, 3.8) is 0 Å². The van der Waals surface area contributed by atoms with E-state index >= 15 is 0 Å². The summed E-state index contributed by atoms with van der Waals surface area (Å²) in [6, 6.07) is 3.21. The summed E-state index contributed by atoms with van der Waals surface area (Å²) in [6.45, 7) is 0. The number of nitrogens with one attached hydrogen (secondary N) is 1. The molecule has 19 heavy (non-hydrogen) atoms. The molecule has 0 aliphatic carbocycles. The van der Waals surface area contributed by atoms with Gasteiger partial charge in [0.1, 0.15) is 0 Å². The van der Waals surface area contributed by atoms with Crippen LogP contribution in [-0.2, 0) is 9.59 Å². The molecule has 0 aliphatic heterocycles. The zero-order chi connectivity index (χ0) is 14.4. The number of anilines is 1. The van der Waals surface area contributed by atoms with Gasteiger partial charge in [-0.05, 0) is 12.5 Å². The van der Waals surface area contributed by atoms with Crippen LogP contribution < -0.4 is 5.32 Å². The molecule has 2 N–H and O–H groups in total. The van der Waals surface area contributed by atoms with Crippen molar-refractivity contribution in [1.29, 1.82) is 0 Å². The summed E-state index contributed by atoms with van der Waals surface area (Å²) >= 11 is 0. The Morgan fingerprint density at radius 2 is 2.05 bits per heavy atom. The molecular formula is C11H11FN2O5. The SMILES string of the molecule is O=C(O)CCCC(=O)Nc1c(F)cccc1[N+](=O)[O-]. The summed E-state index contributed by atoms with van der Waals surface area (Å²) in [5.74, 6) is -2.64. The number of aliphatic carboxylic acids is 1. The topological polar surface area (TPSA) is 110 Å². The second-order valence-corrected chi connectivity index (χ2v) is 3.69. The molecule has 8 heteroatoms. The zero-order valence-corrected chi connectivity index (χ0v) is 9.76. The van der Waals surface area contributed by atoms with Crippen molar-refractivity contribution in [1.82, 2.24) is 0 Å². The number of carbonyl (C=O) groups is 2. The maximum Gasteiger partial charge on any atom is 0.303 e. The lowest BCUT2D eigenvalue weighted by molar-refractivity contribution is -0.384. The minimum atomic E-state index is -1.05. The Kier molecular flexibility index (Phi) is 4.92. The third-order valence-electron chi connectivity index (χ3n) is 2.25. The third-order valence-corrected chi connectivity index (χ3v) is 2.25. The lowest BCUT2D eigenvalue weighted by Gasteiger charge is -2.06. The second kappa shape index (κ2) is 6.43. The standard InChI is InChI=1S/C11H11FN2O5/c12-7-3-1-4-8(14(18)19)11(7)13-9(15)5-2-6-10(16)17/h1,3-4H,2,5-6H2,(H,13,15)(H,16,17). The van der Waals surface area contributed by atoms with E-state index in [0.29, 0.717) is 0 Å². The van der Waals surface area contributed by atoms with Crippen molar-refractivity contribution in [3.05, 3.63) is 34.1 Å². The van der Waals surface area contributed by atoms with E-state index in [1.165, 1.54) is 0 Å². The Labute approximate surface area is 107 Å². The first-order chi connectivity index (χ1) is 8.91. The maximum absolute atomic E-state index is 13.4. The monoisotopic (exact) mass is 270 g/mol. The van der Waals surface area contributed by atoms with Crippen molar-refractivity contribution >= 4 is 23.3 Å². The van der Waals surface area contributed by atoms with Gasteiger partial charge in [0.25, 0.3) is 5.69 Å². The highest BCUT2D eigenvalue weighted by Gasteiger charge is 2.19. The molecule has 1 amide bonds. The van der Waals surface area contributed by atoms with Gasteiger partial charge in [0, 0.05) is 18.9 Å². The van der Waals surface area contributed by atoms with E-state index in [0.717, 1.165) is 18.2 Å². The van der Waals surface area contributed by atoms with E-state index in [-0.39, 0.29) is 19.3 Å². The number of carbonyl (C=O) groups excluding carboxylic acids is 1. The van der Waals surface area contributed by atoms with E-state index in [9.17, 15) is 24.1 Å². The number of carboxylic acid groups (broad SMARTS) is 1. The van der Waals surface area contributed by atoms with Crippen molar-refractivity contribution in [3.8, 4) is 0 Å². The van der Waals surface area contributed by atoms with Gasteiger partial charge in [-0.3, -0.25) is 19.7 Å². The molecule has 0 spiro atoms. The molecule has 0 fully saturated rings. The molecule has 1 aromatic rings. The van der Waals surface area contributed by atoms with Crippen LogP contribution in [0.5, 0.6) is 0 Å². The Morgan fingerprint density at radius 3 is 2.63 bits per heavy atom. The average molecular weight is 270 g/mol. The van der Waals surface area contributed by atoms with E-state index in [1.54, 1.807) is 0 Å². The number of halogens is 1. The van der Waals surface area contributed by atoms with Crippen LogP contribution >= 0.6 is 0 Å². The number of nitro benzene ring substituents is 1. The fourth-order valence-corrected chi connectivity index (χ4v) is 1.39. The minimum Gasteiger partial charge on any atom is -0.481 e. The van der Waals surface area contributed by atoms with Gasteiger partial charge in [0.2, 0.25) is 5.91 Å². The second-order valence-electron chi connectivity index (χ2n) is 3.69. The molecule has 0 saturated heterocycles. The Morgan fingerprint density at radius 1 is 1.37 bits per heavy atom. The molecule has 0 atom stereocenters. The lowest BCUT2D eigenvalue weighted by Crippen LogP contribution is -2.14. The highest BCUT2D eigenvalue weighted by Crippen LogP contribution is 2.27. The van der Waals surface area contributed by atoms with Crippen LogP contribution in [0.15, 0.2) is 18.2 Å². The van der Waals surface area contributed by atoms with E-state index in [4.69, 9.17) is 5.11 Å². The Hall–Kier alpha value is -2.51. The zero-order valence-electron chi connectivity index (χ0n) is 9.76. The normalized spacial score (nSPS) is 9.95. The first-order valence-electron chi connectivity index (χ1n) is 5.36. The first-order valence-corrected chi connectivity index (χ1v) is 5.36. The van der Waals surface area contributed by atoms with E-state index in [1.807, 2.05) is 0 Å². The Balaban J connectivity index is 2.73. The van der Waals surface area contributed by atoms with Crippen LogP contribution in [0, 0.1) is 15.9 Å². The summed E-state index contributed by atoms with van der Waals surface area (Å²) in [7, 11) is 0. The molecule has 0 aliphatic rings. The molecule has 0 aromatic heterocycles. The van der Waals surface area contributed by atoms with Gasteiger partial charge in [0.05, 0.1) is 4.92 Å². The van der Waals surface area contributed by atoms with Gasteiger partial charge in [-0.1, -0.05) is 6.07 Å². The number of para-hydroxylation sites is 1. The fourth-order valence-electron chi connectivity index (χ4n) is 1.39. The van der Waals surface area contributed by atoms with Gasteiger partial charge < -0.3 is 10.4 Å². The third kappa shape index (κ3) is 4.34. The summed E-state index contributed by atoms with van der Waals surface area (Å²) in [4.78, 5) is 31.5. The molecule has 102 valence electrons. The van der Waals surface area contributed by atoms with Crippen molar-refractivity contribution in [2.45, 2.75) is 19.3 Å². The van der Waals surface area contributed by atoms with Gasteiger partial charge in [-0.25, -0.2) is 4.39 Å². The lowest BCUT2D eigenvalue weighted by atomic mass is 10.2. The predicted octanol–water partition coefficient (Wildman–Crippen LogP) is 1.93. The van der Waals surface area contributed by atoms with Crippen molar-refractivity contribution in [2.24, 2.45) is 0 Å². The average Bonchev–Trinajstić information content (AvgIpc) is 2.30. The minimum absolute atomic E-state index is 0.0728. The highest BCUT2D eigenvalue weighted by molar-refractivity contribution is 5.93. The van der Waals surface area contributed by atoms with Gasteiger partial charge in [-0.2, -0.15) is 0 Å². The molecule has 0 bridgehead atoms. The van der Waals surface area contributed by atoms with Crippen LogP contribution in [0.4, 0.5) is 15.8 Å². The number of nitro groups is 1. The van der Waals surface area contributed by atoms with E-state index in [2.05, 4.69) is 5.32 Å². The van der Waals surface area contributed by atoms with E-state index < -0.39 is 34.0 Å². The van der Waals surface area contributed by atoms with Gasteiger partial charge in [0.15, 0.2) is 11.5 Å². The van der Waals surface area contributed by atoms with Gasteiger partial charge in [-0.15, -0.1) is 0 Å². The summed E-state index contributed by atoms with van der Waals surface area (Å²) in [5.41, 5.74) is -1.06. The highest BCUT2D eigenvalue weighted by atomic mass is 19.1. The smallest absolute Gasteiger partial charge is 0.303 e. The number of rotatable bonds is 6. The van der Waals surface area contributed by atoms with Gasteiger partial charge >= 0.3 is 5.97 Å². The fraction of sp³-hybridized carbons (Fsp3) is 0.273. The largest absolute Gasteiger partial charge is 0.481 e. The molecule has 0 saturated carbocycles. The first kappa shape index (κ1) is 14.6. The van der Waals surface area contributed by atoms with Crippen molar-refractivity contribution in [2.75, 3.05) is 5.32 Å². The maximum atomic E-state index is 13.4. The number of hydrogen-bond donors (Lipinski definition) is 2. The molecule has 7 nitrogen and oxygen atoms in total. The molecule has 1 rings (SSSR count). The van der Waals surface area contributed by atoms with Crippen molar-refractivity contribution < 1.29 is 24.0 Å². The predicted molar refractivity (Wildman–Crippen MR) is 63.2 cm³/mol. The molecule has 0 unspecified atom stereocenters. The summed E-state index contributed by atoms with van der Waals surface area (Å²) in [6.07, 6.45) is -0.284. The van der Waals surface area contributed by atoms with Crippen LogP contribution in [0.25, 0.3) is 0 Å². The number of hydrogen-bond acceptors (Lipinski definition) is 4. The van der Waals surface area contributed by atoms with Crippen LogP contribution in [0.1, 0.15) is 19.3 Å². The Bertz CT molecular complexity index is 518. The van der Waals surface area contributed by atoms with Crippen LogP contribution in [0.2, 0.25) is 0 Å². The quantitative estimate of drug-likeness (QED) is 0.606. The number of nitrogens with zero attached hydrogens (tertiary/aromatic N) is 1.